The summed E-state index contributed by atoms with van der Waals surface area (Å²) in [6, 6.07) is 11.8. The van der Waals surface area contributed by atoms with E-state index < -0.39 is 5.82 Å². The van der Waals surface area contributed by atoms with Crippen molar-refractivity contribution in [2.75, 3.05) is 37.7 Å². The minimum atomic E-state index is -0.527. The lowest BCUT2D eigenvalue weighted by Crippen LogP contribution is -2.44. The van der Waals surface area contributed by atoms with E-state index in [0.29, 0.717) is 35.5 Å². The molecule has 0 aliphatic carbocycles. The van der Waals surface area contributed by atoms with E-state index in [4.69, 9.17) is 9.72 Å². The zero-order valence-electron chi connectivity index (χ0n) is 21.7. The van der Waals surface area contributed by atoms with E-state index in [2.05, 4.69) is 25.1 Å². The molecule has 4 fully saturated rings. The standard InChI is InChI=1S/C30H31FN6O2/c31-25-26(23-13-21(38)11-18-5-1-2-6-22(18)23)33-15-24-27(25)34-29(35-28(24)37-16-19-12-20(37)14-32-19)39-17-30-7-3-9-36(30)10-4-8-30/h1-2,5-6,11,13,15,19-20,32,38H,3-4,7-10,12,14,16-17H2/t19-,20-/m0/s1. The Balaban J connectivity index is 1.26. The van der Waals surface area contributed by atoms with Crippen LogP contribution in [0.5, 0.6) is 11.8 Å². The second-order valence-corrected chi connectivity index (χ2v) is 11.6. The van der Waals surface area contributed by atoms with Gasteiger partial charge in [0.05, 0.1) is 10.9 Å². The number of benzene rings is 2. The van der Waals surface area contributed by atoms with Crippen molar-refractivity contribution in [3.8, 4) is 23.0 Å². The first-order valence-electron chi connectivity index (χ1n) is 14.0. The number of aromatic nitrogens is 3. The van der Waals surface area contributed by atoms with Crippen molar-refractivity contribution < 1.29 is 14.2 Å². The number of hydrogen-bond donors (Lipinski definition) is 2. The summed E-state index contributed by atoms with van der Waals surface area (Å²) < 4.78 is 22.8. The lowest BCUT2D eigenvalue weighted by molar-refractivity contribution is 0.108. The molecular weight excluding hydrogens is 495 g/mol. The highest BCUT2D eigenvalue weighted by Gasteiger charge is 2.45. The van der Waals surface area contributed by atoms with Gasteiger partial charge >= 0.3 is 6.01 Å². The minimum absolute atomic E-state index is 0.0392. The summed E-state index contributed by atoms with van der Waals surface area (Å²) in [5, 5.41) is 16.2. The topological polar surface area (TPSA) is 86.6 Å². The average Bonchev–Trinajstić information content (AvgIpc) is 3.73. The number of ether oxygens (including phenoxy) is 1. The Kier molecular flexibility index (Phi) is 5.22. The number of piperazine rings is 1. The van der Waals surface area contributed by atoms with Crippen LogP contribution in [0, 0.1) is 5.82 Å². The predicted octanol–water partition coefficient (Wildman–Crippen LogP) is 4.25. The number of anilines is 1. The van der Waals surface area contributed by atoms with E-state index in [1.807, 2.05) is 24.3 Å². The molecule has 2 aromatic heterocycles. The van der Waals surface area contributed by atoms with Gasteiger partial charge in [-0.2, -0.15) is 9.97 Å². The van der Waals surface area contributed by atoms with Crippen LogP contribution in [0.1, 0.15) is 32.1 Å². The summed E-state index contributed by atoms with van der Waals surface area (Å²) in [5.74, 6) is 0.227. The third-order valence-electron chi connectivity index (χ3n) is 9.36. The summed E-state index contributed by atoms with van der Waals surface area (Å²) in [5.41, 5.74) is 0.933. The van der Waals surface area contributed by atoms with Gasteiger partial charge in [-0.15, -0.1) is 0 Å². The highest BCUT2D eigenvalue weighted by molar-refractivity contribution is 6.00. The Hall–Kier alpha value is -3.56. The maximum Gasteiger partial charge on any atom is 0.319 e. The van der Waals surface area contributed by atoms with Gasteiger partial charge < -0.3 is 20.1 Å². The van der Waals surface area contributed by atoms with Crippen molar-refractivity contribution in [2.45, 2.75) is 49.7 Å². The predicted molar refractivity (Wildman–Crippen MR) is 148 cm³/mol. The first-order valence-corrected chi connectivity index (χ1v) is 14.0. The molecule has 2 bridgehead atoms. The molecule has 8 rings (SSSR count). The number of aromatic hydroxyl groups is 1. The SMILES string of the molecule is Oc1cc(-c2ncc3c(N4C[C@@H]5C[C@H]4CN5)nc(OCC45CCCN4CCC5)nc3c2F)c2ccccc2c1. The summed E-state index contributed by atoms with van der Waals surface area (Å²) >= 11 is 0. The normalized spacial score (nSPS) is 23.8. The summed E-state index contributed by atoms with van der Waals surface area (Å²) in [4.78, 5) is 18.9. The molecule has 2 aromatic carbocycles. The minimum Gasteiger partial charge on any atom is -0.508 e. The molecule has 4 aliphatic heterocycles. The maximum absolute atomic E-state index is 16.5. The van der Waals surface area contributed by atoms with Gasteiger partial charge in [0.2, 0.25) is 0 Å². The molecule has 0 amide bonds. The number of rotatable bonds is 5. The molecule has 39 heavy (non-hydrogen) atoms. The number of phenols is 1. The molecule has 4 aromatic rings. The highest BCUT2D eigenvalue weighted by Crippen LogP contribution is 2.41. The molecular formula is C30H31FN6O2. The number of nitrogens with one attached hydrogen (secondary N) is 1. The van der Waals surface area contributed by atoms with Gasteiger partial charge in [0.15, 0.2) is 5.82 Å². The van der Waals surface area contributed by atoms with Gasteiger partial charge in [0.1, 0.15) is 29.4 Å². The Morgan fingerprint density at radius 1 is 1.10 bits per heavy atom. The zero-order valence-corrected chi connectivity index (χ0v) is 21.7. The van der Waals surface area contributed by atoms with E-state index in [9.17, 15) is 5.11 Å². The molecule has 0 saturated carbocycles. The fraction of sp³-hybridized carbons (Fsp3) is 0.433. The van der Waals surface area contributed by atoms with Gasteiger partial charge in [0.25, 0.3) is 0 Å². The Bertz CT molecular complexity index is 1600. The average molecular weight is 527 g/mol. The quantitative estimate of drug-likeness (QED) is 0.399. The fourth-order valence-corrected chi connectivity index (χ4v) is 7.46. The van der Waals surface area contributed by atoms with Crippen molar-refractivity contribution in [1.82, 2.24) is 25.2 Å². The molecule has 8 nitrogen and oxygen atoms in total. The van der Waals surface area contributed by atoms with Crippen molar-refractivity contribution in [3.05, 3.63) is 48.4 Å². The molecule has 0 unspecified atom stereocenters. The molecule has 0 radical (unpaired) electrons. The molecule has 200 valence electrons. The van der Waals surface area contributed by atoms with Gasteiger partial charge in [0, 0.05) is 36.9 Å². The molecule has 9 heteroatoms. The van der Waals surface area contributed by atoms with Crippen LogP contribution in [0.2, 0.25) is 0 Å². The first-order chi connectivity index (χ1) is 19.1. The van der Waals surface area contributed by atoms with Crippen LogP contribution in [-0.2, 0) is 0 Å². The highest BCUT2D eigenvalue weighted by atomic mass is 19.1. The summed E-state index contributed by atoms with van der Waals surface area (Å²) in [7, 11) is 0. The van der Waals surface area contributed by atoms with Gasteiger partial charge in [-0.1, -0.05) is 24.3 Å². The molecule has 0 spiro atoms. The summed E-state index contributed by atoms with van der Waals surface area (Å²) in [6.07, 6.45) is 7.31. The lowest BCUT2D eigenvalue weighted by atomic mass is 9.95. The molecule has 2 N–H and O–H groups in total. The number of phenolic OH excluding ortho intramolecular Hbond substituents is 1. The van der Waals surface area contributed by atoms with E-state index in [0.717, 1.165) is 56.2 Å². The maximum atomic E-state index is 16.5. The Morgan fingerprint density at radius 3 is 2.74 bits per heavy atom. The third kappa shape index (κ3) is 3.67. The zero-order chi connectivity index (χ0) is 26.1. The van der Waals surface area contributed by atoms with Crippen LogP contribution < -0.4 is 15.0 Å². The van der Waals surface area contributed by atoms with Crippen molar-refractivity contribution >= 4 is 27.5 Å². The number of fused-ring (bicyclic) bond motifs is 5. The van der Waals surface area contributed by atoms with E-state index in [1.54, 1.807) is 18.3 Å². The smallest absolute Gasteiger partial charge is 0.319 e. The number of pyridine rings is 1. The van der Waals surface area contributed by atoms with Gasteiger partial charge in [-0.3, -0.25) is 9.88 Å². The fourth-order valence-electron chi connectivity index (χ4n) is 7.46. The van der Waals surface area contributed by atoms with E-state index >= 15 is 4.39 Å². The van der Waals surface area contributed by atoms with Crippen molar-refractivity contribution in [1.29, 1.82) is 0 Å². The van der Waals surface area contributed by atoms with Crippen LogP contribution >= 0.6 is 0 Å². The largest absolute Gasteiger partial charge is 0.508 e. The van der Waals surface area contributed by atoms with Crippen LogP contribution in [0.4, 0.5) is 10.2 Å². The van der Waals surface area contributed by atoms with Crippen molar-refractivity contribution in [2.24, 2.45) is 0 Å². The van der Waals surface area contributed by atoms with Gasteiger partial charge in [-0.25, -0.2) is 4.39 Å². The number of halogens is 1. The van der Waals surface area contributed by atoms with E-state index in [-0.39, 0.29) is 28.5 Å². The molecule has 6 heterocycles. The number of hydrogen-bond acceptors (Lipinski definition) is 8. The van der Waals surface area contributed by atoms with Crippen LogP contribution in [0.25, 0.3) is 32.9 Å². The number of nitrogens with zero attached hydrogens (tertiary/aromatic N) is 5. The Morgan fingerprint density at radius 2 is 1.95 bits per heavy atom. The monoisotopic (exact) mass is 526 g/mol. The van der Waals surface area contributed by atoms with Gasteiger partial charge in [-0.05, 0) is 68.1 Å². The molecule has 4 aliphatic rings. The summed E-state index contributed by atoms with van der Waals surface area (Å²) in [6.45, 7) is 4.43. The van der Waals surface area contributed by atoms with E-state index in [1.165, 1.54) is 12.8 Å². The molecule has 4 saturated heterocycles. The van der Waals surface area contributed by atoms with Crippen LogP contribution in [0.15, 0.2) is 42.6 Å². The third-order valence-corrected chi connectivity index (χ3v) is 9.36. The second kappa shape index (κ2) is 8.72. The van der Waals surface area contributed by atoms with Crippen molar-refractivity contribution in [3.63, 3.8) is 0 Å². The second-order valence-electron chi connectivity index (χ2n) is 11.6. The lowest BCUT2D eigenvalue weighted by Gasteiger charge is -2.32. The van der Waals surface area contributed by atoms with Crippen LogP contribution in [-0.4, -0.2) is 75.4 Å². The Labute approximate surface area is 225 Å². The molecule has 2 atom stereocenters. The first kappa shape index (κ1) is 23.3. The van der Waals surface area contributed by atoms with Crippen LogP contribution in [0.3, 0.4) is 0 Å².